The second-order valence-electron chi connectivity index (χ2n) is 7.65. The Balaban J connectivity index is 1.42. The Hall–Kier alpha value is -3.55. The predicted octanol–water partition coefficient (Wildman–Crippen LogP) is 6.09. The van der Waals surface area contributed by atoms with Gasteiger partial charge in [0.2, 0.25) is 0 Å². The summed E-state index contributed by atoms with van der Waals surface area (Å²) in [4.78, 5) is 12.8. The van der Waals surface area contributed by atoms with Gasteiger partial charge in [-0.05, 0) is 71.8 Å². The number of fused-ring (bicyclic) bond motifs is 1. The molecule has 0 radical (unpaired) electrons. The van der Waals surface area contributed by atoms with E-state index in [2.05, 4.69) is 10.0 Å². The Morgan fingerprint density at radius 1 is 0.882 bits per heavy atom. The van der Waals surface area contributed by atoms with Crippen LogP contribution in [0.2, 0.25) is 5.02 Å². The normalized spacial score (nSPS) is 12.2. The number of hydrogen-bond donors (Lipinski definition) is 2. The maximum atomic E-state index is 12.8. The molecule has 0 spiro atoms. The lowest BCUT2D eigenvalue weighted by Crippen LogP contribution is -2.32. The highest BCUT2D eigenvalue weighted by Gasteiger charge is 2.20. The first-order valence-corrected chi connectivity index (χ1v) is 12.5. The summed E-state index contributed by atoms with van der Waals surface area (Å²) in [6, 6.07) is 26.0. The molecule has 174 valence electrons. The third-order valence-electron chi connectivity index (χ3n) is 5.17. The summed E-state index contributed by atoms with van der Waals surface area (Å²) in [5.74, 6) is 0.289. The summed E-state index contributed by atoms with van der Waals surface area (Å²) in [6.07, 6.45) is -0.233. The monoisotopic (exact) mass is 494 g/mol. The van der Waals surface area contributed by atoms with Crippen LogP contribution in [0.5, 0.6) is 5.75 Å². The number of carbonyl (C=O) groups is 1. The highest BCUT2D eigenvalue weighted by Crippen LogP contribution is 2.23. The summed E-state index contributed by atoms with van der Waals surface area (Å²) < 4.78 is 33.7. The molecular weight excluding hydrogens is 472 g/mol. The molecule has 8 heteroatoms. The summed E-state index contributed by atoms with van der Waals surface area (Å²) in [5, 5.41) is 5.33. The zero-order valence-corrected chi connectivity index (χ0v) is 19.9. The van der Waals surface area contributed by atoms with Crippen molar-refractivity contribution in [2.45, 2.75) is 24.3 Å². The molecule has 4 rings (SSSR count). The fraction of sp³-hybridized carbons (Fsp3) is 0.115. The van der Waals surface area contributed by atoms with E-state index in [-0.39, 0.29) is 10.8 Å². The van der Waals surface area contributed by atoms with E-state index in [1.54, 1.807) is 18.2 Å². The molecule has 6 nitrogen and oxygen atoms in total. The Morgan fingerprint density at radius 3 is 2.32 bits per heavy atom. The van der Waals surface area contributed by atoms with Gasteiger partial charge in [-0.3, -0.25) is 9.52 Å². The molecule has 0 bridgehead atoms. The van der Waals surface area contributed by atoms with Crippen LogP contribution in [0.25, 0.3) is 10.8 Å². The number of amides is 1. The molecule has 0 heterocycles. The number of hydrogen-bond acceptors (Lipinski definition) is 4. The molecule has 4 aromatic carbocycles. The number of benzene rings is 4. The van der Waals surface area contributed by atoms with Gasteiger partial charge in [-0.2, -0.15) is 0 Å². The van der Waals surface area contributed by atoms with Gasteiger partial charge in [0.1, 0.15) is 5.75 Å². The zero-order chi connectivity index (χ0) is 24.1. The second-order valence-corrected chi connectivity index (χ2v) is 9.77. The molecule has 34 heavy (non-hydrogen) atoms. The number of halogens is 1. The molecule has 0 aromatic heterocycles. The molecule has 0 aliphatic heterocycles. The smallest absolute Gasteiger partial charge is 0.265 e. The lowest BCUT2D eigenvalue weighted by atomic mass is 10.1. The van der Waals surface area contributed by atoms with Crippen molar-refractivity contribution < 1.29 is 17.9 Å². The van der Waals surface area contributed by atoms with Crippen molar-refractivity contribution in [3.8, 4) is 5.75 Å². The van der Waals surface area contributed by atoms with Gasteiger partial charge >= 0.3 is 0 Å². The largest absolute Gasteiger partial charge is 0.481 e. The molecule has 2 N–H and O–H groups in total. The van der Waals surface area contributed by atoms with Crippen LogP contribution in [0.3, 0.4) is 0 Å². The van der Waals surface area contributed by atoms with Gasteiger partial charge in [0, 0.05) is 10.7 Å². The lowest BCUT2D eigenvalue weighted by Gasteiger charge is -2.18. The standard InChI is InChI=1S/C26H23ClN2O4S/c1-2-25(33-23-13-10-18-6-3-4-7-19(18)16-23)26(30)28-21-11-14-24(15-12-21)34(31,32)29-22-9-5-8-20(27)17-22/h3-17,25,29H,2H2,1H3,(H,28,30)/t25-/m1/s1. The molecule has 4 aromatic rings. The van der Waals surface area contributed by atoms with Crippen molar-refractivity contribution in [2.24, 2.45) is 0 Å². The topological polar surface area (TPSA) is 84.5 Å². The first-order chi connectivity index (χ1) is 16.3. The van der Waals surface area contributed by atoms with Gasteiger partial charge < -0.3 is 10.1 Å². The molecule has 0 aliphatic rings. The van der Waals surface area contributed by atoms with Crippen LogP contribution in [-0.2, 0) is 14.8 Å². The van der Waals surface area contributed by atoms with Crippen LogP contribution in [0.15, 0.2) is 95.9 Å². The summed E-state index contributed by atoms with van der Waals surface area (Å²) in [7, 11) is -3.80. The highest BCUT2D eigenvalue weighted by molar-refractivity contribution is 7.92. The van der Waals surface area contributed by atoms with Crippen molar-refractivity contribution in [1.29, 1.82) is 0 Å². The van der Waals surface area contributed by atoms with E-state index in [4.69, 9.17) is 16.3 Å². The summed E-state index contributed by atoms with van der Waals surface area (Å²) in [5.41, 5.74) is 0.828. The molecular formula is C26H23ClN2O4S. The van der Waals surface area contributed by atoms with Crippen LogP contribution < -0.4 is 14.8 Å². The number of nitrogens with one attached hydrogen (secondary N) is 2. The van der Waals surface area contributed by atoms with Gasteiger partial charge in [0.25, 0.3) is 15.9 Å². The highest BCUT2D eigenvalue weighted by atomic mass is 35.5. The molecule has 0 aliphatic carbocycles. The molecule has 1 atom stereocenters. The quantitative estimate of drug-likeness (QED) is 0.310. The van der Waals surface area contributed by atoms with E-state index in [9.17, 15) is 13.2 Å². The van der Waals surface area contributed by atoms with E-state index in [0.717, 1.165) is 10.8 Å². The van der Waals surface area contributed by atoms with Crippen LogP contribution in [0, 0.1) is 0 Å². The number of ether oxygens (including phenoxy) is 1. The van der Waals surface area contributed by atoms with Crippen molar-refractivity contribution in [2.75, 3.05) is 10.0 Å². The maximum absolute atomic E-state index is 12.8. The average molecular weight is 495 g/mol. The average Bonchev–Trinajstić information content (AvgIpc) is 2.82. The summed E-state index contributed by atoms with van der Waals surface area (Å²) in [6.45, 7) is 1.86. The predicted molar refractivity (Wildman–Crippen MR) is 136 cm³/mol. The van der Waals surface area contributed by atoms with Crippen molar-refractivity contribution in [3.63, 3.8) is 0 Å². The van der Waals surface area contributed by atoms with E-state index in [0.29, 0.717) is 28.6 Å². The number of anilines is 2. The van der Waals surface area contributed by atoms with Gasteiger partial charge in [-0.1, -0.05) is 54.9 Å². The van der Waals surface area contributed by atoms with E-state index in [1.165, 1.54) is 30.3 Å². The van der Waals surface area contributed by atoms with Crippen molar-refractivity contribution in [1.82, 2.24) is 0 Å². The van der Waals surface area contributed by atoms with Crippen molar-refractivity contribution in [3.05, 3.63) is 96.0 Å². The minimum Gasteiger partial charge on any atom is -0.481 e. The number of sulfonamides is 1. The lowest BCUT2D eigenvalue weighted by molar-refractivity contribution is -0.122. The van der Waals surface area contributed by atoms with Crippen LogP contribution in [0.4, 0.5) is 11.4 Å². The first-order valence-electron chi connectivity index (χ1n) is 10.7. The number of rotatable bonds is 8. The van der Waals surface area contributed by atoms with Gasteiger partial charge in [0.05, 0.1) is 10.6 Å². The Morgan fingerprint density at radius 2 is 1.62 bits per heavy atom. The Labute approximate surface area is 203 Å². The zero-order valence-electron chi connectivity index (χ0n) is 18.4. The van der Waals surface area contributed by atoms with E-state index in [1.807, 2.05) is 49.4 Å². The van der Waals surface area contributed by atoms with Crippen LogP contribution in [0.1, 0.15) is 13.3 Å². The molecule has 0 unspecified atom stereocenters. The fourth-order valence-electron chi connectivity index (χ4n) is 3.43. The summed E-state index contributed by atoms with van der Waals surface area (Å²) >= 11 is 5.92. The van der Waals surface area contributed by atoms with Crippen LogP contribution in [-0.4, -0.2) is 20.4 Å². The van der Waals surface area contributed by atoms with E-state index >= 15 is 0 Å². The Bertz CT molecular complexity index is 1420. The first kappa shape index (κ1) is 23.6. The minimum absolute atomic E-state index is 0.0601. The minimum atomic E-state index is -3.80. The fourth-order valence-corrected chi connectivity index (χ4v) is 4.67. The van der Waals surface area contributed by atoms with E-state index < -0.39 is 16.1 Å². The SMILES string of the molecule is CC[C@@H](Oc1ccc2ccccc2c1)C(=O)Nc1ccc(S(=O)(=O)Nc2cccc(Cl)c2)cc1. The van der Waals surface area contributed by atoms with Gasteiger partial charge in [-0.15, -0.1) is 0 Å². The maximum Gasteiger partial charge on any atom is 0.265 e. The number of carbonyl (C=O) groups excluding carboxylic acids is 1. The third-order valence-corrected chi connectivity index (χ3v) is 6.80. The van der Waals surface area contributed by atoms with Crippen molar-refractivity contribution >= 4 is 49.7 Å². The van der Waals surface area contributed by atoms with Gasteiger partial charge in [-0.25, -0.2) is 8.42 Å². The molecule has 0 saturated carbocycles. The molecule has 1 amide bonds. The second kappa shape index (κ2) is 10.2. The third kappa shape index (κ3) is 5.68. The Kier molecular flexibility index (Phi) is 7.05. The van der Waals surface area contributed by atoms with Gasteiger partial charge in [0.15, 0.2) is 6.10 Å². The molecule has 0 saturated heterocycles. The molecule has 0 fully saturated rings. The van der Waals surface area contributed by atoms with Crippen LogP contribution >= 0.6 is 11.6 Å².